The Balaban J connectivity index is 2.27. The van der Waals surface area contributed by atoms with Crippen LogP contribution in [0.2, 0.25) is 5.02 Å². The molecule has 138 valence electrons. The van der Waals surface area contributed by atoms with E-state index in [-0.39, 0.29) is 5.91 Å². The summed E-state index contributed by atoms with van der Waals surface area (Å²) in [6.45, 7) is 1.96. The highest BCUT2D eigenvalue weighted by Gasteiger charge is 2.17. The molecule has 0 saturated carbocycles. The number of carbonyl (C=O) groups excluding carboxylic acids is 1. The number of ether oxygens (including phenoxy) is 3. The normalized spacial score (nSPS) is 11.0. The summed E-state index contributed by atoms with van der Waals surface area (Å²) in [4.78, 5) is 12.5. The van der Waals surface area contributed by atoms with E-state index in [0.717, 1.165) is 11.3 Å². The standard InChI is InChI=1S/C19H21ClN2O4/c1-5-15(12-6-8-14(20)9-7-12)21-22-19(23)13-10-16(24-2)18(26-4)17(11-13)25-3/h6-11H,5H2,1-4H3,(H,22,23)/b21-15+. The topological polar surface area (TPSA) is 69.2 Å². The summed E-state index contributed by atoms with van der Waals surface area (Å²) in [5.74, 6) is 0.832. The largest absolute Gasteiger partial charge is 0.493 e. The van der Waals surface area contributed by atoms with Crippen molar-refractivity contribution in [2.45, 2.75) is 13.3 Å². The minimum Gasteiger partial charge on any atom is -0.493 e. The van der Waals surface area contributed by atoms with Crippen LogP contribution in [0.4, 0.5) is 0 Å². The van der Waals surface area contributed by atoms with Gasteiger partial charge in [-0.25, -0.2) is 5.43 Å². The first-order valence-corrected chi connectivity index (χ1v) is 8.34. The van der Waals surface area contributed by atoms with Crippen LogP contribution in [-0.4, -0.2) is 32.9 Å². The number of hydrogen-bond donors (Lipinski definition) is 1. The molecule has 7 heteroatoms. The lowest BCUT2D eigenvalue weighted by Gasteiger charge is -2.13. The summed E-state index contributed by atoms with van der Waals surface area (Å²) in [5, 5.41) is 4.88. The van der Waals surface area contributed by atoms with Crippen molar-refractivity contribution in [2.75, 3.05) is 21.3 Å². The van der Waals surface area contributed by atoms with Crippen molar-refractivity contribution in [1.29, 1.82) is 0 Å². The number of hydrogen-bond acceptors (Lipinski definition) is 5. The van der Waals surface area contributed by atoms with Gasteiger partial charge in [-0.1, -0.05) is 30.7 Å². The van der Waals surface area contributed by atoms with Gasteiger partial charge in [-0.3, -0.25) is 4.79 Å². The van der Waals surface area contributed by atoms with Crippen LogP contribution in [-0.2, 0) is 0 Å². The molecule has 0 aromatic heterocycles. The van der Waals surface area contributed by atoms with Crippen LogP contribution in [0.25, 0.3) is 0 Å². The number of carbonyl (C=O) groups is 1. The summed E-state index contributed by atoms with van der Waals surface area (Å²) in [6, 6.07) is 10.4. The SMILES string of the molecule is CC/C(=N\NC(=O)c1cc(OC)c(OC)c(OC)c1)c1ccc(Cl)cc1. The first-order valence-electron chi connectivity index (χ1n) is 7.96. The molecule has 2 aromatic carbocycles. The van der Waals surface area contributed by atoms with Crippen molar-refractivity contribution in [3.8, 4) is 17.2 Å². The molecular formula is C19H21ClN2O4. The molecule has 0 atom stereocenters. The Kier molecular flexibility index (Phi) is 6.86. The van der Waals surface area contributed by atoms with Crippen LogP contribution >= 0.6 is 11.6 Å². The molecule has 0 bridgehead atoms. The van der Waals surface area contributed by atoms with Crippen LogP contribution in [0.5, 0.6) is 17.2 Å². The van der Waals surface area contributed by atoms with Crippen molar-refractivity contribution < 1.29 is 19.0 Å². The van der Waals surface area contributed by atoms with E-state index < -0.39 is 0 Å². The zero-order valence-corrected chi connectivity index (χ0v) is 15.9. The fourth-order valence-corrected chi connectivity index (χ4v) is 2.51. The van der Waals surface area contributed by atoms with Gasteiger partial charge < -0.3 is 14.2 Å². The lowest BCUT2D eigenvalue weighted by molar-refractivity contribution is 0.0954. The molecule has 0 heterocycles. The predicted molar refractivity (Wildman–Crippen MR) is 102 cm³/mol. The lowest BCUT2D eigenvalue weighted by Crippen LogP contribution is -2.20. The second-order valence-corrected chi connectivity index (χ2v) is 5.71. The summed E-state index contributed by atoms with van der Waals surface area (Å²) >= 11 is 5.91. The molecule has 0 aliphatic heterocycles. The number of amides is 1. The number of rotatable bonds is 7. The molecule has 0 aliphatic rings. The van der Waals surface area contributed by atoms with E-state index in [4.69, 9.17) is 25.8 Å². The summed E-state index contributed by atoms with van der Waals surface area (Å²) in [6.07, 6.45) is 0.650. The average molecular weight is 377 g/mol. The summed E-state index contributed by atoms with van der Waals surface area (Å²) < 4.78 is 15.8. The molecule has 0 aliphatic carbocycles. The minimum absolute atomic E-state index is 0.342. The van der Waals surface area contributed by atoms with Crippen LogP contribution < -0.4 is 19.6 Å². The molecule has 0 radical (unpaired) electrons. The highest BCUT2D eigenvalue weighted by Crippen LogP contribution is 2.38. The van der Waals surface area contributed by atoms with Crippen molar-refractivity contribution in [1.82, 2.24) is 5.43 Å². The third-order valence-corrected chi connectivity index (χ3v) is 3.98. The fourth-order valence-electron chi connectivity index (χ4n) is 2.38. The van der Waals surface area contributed by atoms with Gasteiger partial charge in [-0.05, 0) is 36.2 Å². The van der Waals surface area contributed by atoms with Crippen molar-refractivity contribution >= 4 is 23.2 Å². The lowest BCUT2D eigenvalue weighted by atomic mass is 10.1. The molecule has 2 rings (SSSR count). The van der Waals surface area contributed by atoms with E-state index in [1.54, 1.807) is 24.3 Å². The van der Waals surface area contributed by atoms with Crippen LogP contribution in [0.1, 0.15) is 29.3 Å². The maximum Gasteiger partial charge on any atom is 0.271 e. The van der Waals surface area contributed by atoms with Gasteiger partial charge in [0.05, 0.1) is 27.0 Å². The van der Waals surface area contributed by atoms with E-state index in [1.807, 2.05) is 19.1 Å². The Morgan fingerprint density at radius 2 is 1.58 bits per heavy atom. The van der Waals surface area contributed by atoms with Crippen LogP contribution in [0.3, 0.4) is 0 Å². The first-order chi connectivity index (χ1) is 12.5. The van der Waals surface area contributed by atoms with Crippen molar-refractivity contribution in [2.24, 2.45) is 5.10 Å². The molecule has 0 saturated heterocycles. The number of methoxy groups -OCH3 is 3. The molecule has 1 N–H and O–H groups in total. The van der Waals surface area contributed by atoms with Gasteiger partial charge in [0, 0.05) is 10.6 Å². The Morgan fingerprint density at radius 1 is 1.00 bits per heavy atom. The van der Waals surface area contributed by atoms with Crippen LogP contribution in [0, 0.1) is 0 Å². The molecule has 2 aromatic rings. The molecular weight excluding hydrogens is 356 g/mol. The maximum atomic E-state index is 12.5. The summed E-state index contributed by atoms with van der Waals surface area (Å²) in [7, 11) is 4.49. The monoisotopic (exact) mass is 376 g/mol. The molecule has 6 nitrogen and oxygen atoms in total. The third-order valence-electron chi connectivity index (χ3n) is 3.73. The van der Waals surface area contributed by atoms with E-state index in [1.165, 1.54) is 21.3 Å². The third kappa shape index (κ3) is 4.46. The van der Waals surface area contributed by atoms with Gasteiger partial charge in [0.1, 0.15) is 0 Å². The van der Waals surface area contributed by atoms with Crippen molar-refractivity contribution in [3.05, 3.63) is 52.5 Å². The van der Waals surface area contributed by atoms with E-state index in [2.05, 4.69) is 10.5 Å². The highest BCUT2D eigenvalue weighted by molar-refractivity contribution is 6.30. The number of benzene rings is 2. The van der Waals surface area contributed by atoms with E-state index in [0.29, 0.717) is 34.3 Å². The molecule has 0 spiro atoms. The second-order valence-electron chi connectivity index (χ2n) is 5.27. The fraction of sp³-hybridized carbons (Fsp3) is 0.263. The summed E-state index contributed by atoms with van der Waals surface area (Å²) in [5.41, 5.74) is 4.54. The van der Waals surface area contributed by atoms with E-state index in [9.17, 15) is 4.79 Å². The Hall–Kier alpha value is -2.73. The number of halogens is 1. The zero-order valence-electron chi connectivity index (χ0n) is 15.1. The number of nitrogens with zero attached hydrogens (tertiary/aromatic N) is 1. The Bertz CT molecular complexity index is 779. The van der Waals surface area contributed by atoms with Gasteiger partial charge in [-0.2, -0.15) is 5.10 Å². The highest BCUT2D eigenvalue weighted by atomic mass is 35.5. The first kappa shape index (κ1) is 19.6. The molecule has 26 heavy (non-hydrogen) atoms. The van der Waals surface area contributed by atoms with Gasteiger partial charge in [0.15, 0.2) is 11.5 Å². The average Bonchev–Trinajstić information content (AvgIpc) is 2.68. The second kappa shape index (κ2) is 9.10. The predicted octanol–water partition coefficient (Wildman–Crippen LogP) is 3.91. The minimum atomic E-state index is -0.385. The quantitative estimate of drug-likeness (QED) is 0.587. The number of nitrogens with one attached hydrogen (secondary N) is 1. The Morgan fingerprint density at radius 3 is 2.04 bits per heavy atom. The Labute approximate surface area is 157 Å². The van der Waals surface area contributed by atoms with Gasteiger partial charge in [0.2, 0.25) is 5.75 Å². The van der Waals surface area contributed by atoms with Gasteiger partial charge in [-0.15, -0.1) is 0 Å². The molecule has 1 amide bonds. The molecule has 0 fully saturated rings. The van der Waals surface area contributed by atoms with Crippen molar-refractivity contribution in [3.63, 3.8) is 0 Å². The maximum absolute atomic E-state index is 12.5. The van der Waals surface area contributed by atoms with Gasteiger partial charge >= 0.3 is 0 Å². The smallest absolute Gasteiger partial charge is 0.271 e. The van der Waals surface area contributed by atoms with E-state index >= 15 is 0 Å². The molecule has 0 unspecified atom stereocenters. The number of hydrazone groups is 1. The zero-order chi connectivity index (χ0) is 19.1. The van der Waals surface area contributed by atoms with Crippen LogP contribution in [0.15, 0.2) is 41.5 Å². The van der Waals surface area contributed by atoms with Gasteiger partial charge in [0.25, 0.3) is 5.91 Å².